The molecule has 2 rings (SSSR count). The third kappa shape index (κ3) is 5.06. The van der Waals surface area contributed by atoms with Crippen molar-refractivity contribution in [3.63, 3.8) is 0 Å². The van der Waals surface area contributed by atoms with Crippen LogP contribution in [0.1, 0.15) is 19.8 Å². The van der Waals surface area contributed by atoms with Gasteiger partial charge >= 0.3 is 5.97 Å². The number of piperidine rings is 1. The molecule has 0 N–H and O–H groups in total. The summed E-state index contributed by atoms with van der Waals surface area (Å²) in [5.41, 5.74) is -0.148. The number of carbonyl (C=O) groups excluding carboxylic acids is 2. The summed E-state index contributed by atoms with van der Waals surface area (Å²) in [6.07, 6.45) is 1.12. The molecule has 1 aliphatic heterocycles. The highest BCUT2D eigenvalue weighted by molar-refractivity contribution is 6.32. The molecule has 0 saturated carbocycles. The van der Waals surface area contributed by atoms with Crippen LogP contribution in [0, 0.1) is 16.0 Å². The van der Waals surface area contributed by atoms with E-state index in [-0.39, 0.29) is 40.9 Å². The molecule has 0 aliphatic carbocycles. The fraction of sp³-hybridized carbons (Fsp3) is 0.500. The average Bonchev–Trinajstić information content (AvgIpc) is 2.60. The standard InChI is InChI=1S/C16H19ClN2O6/c1-2-24-16(21)11-5-7-18(8-6-11)15(20)10-25-14-4-3-12(19(22)23)9-13(14)17/h3-4,9,11H,2,5-8,10H2,1H3. The predicted molar refractivity (Wildman–Crippen MR) is 89.5 cm³/mol. The van der Waals surface area contributed by atoms with Crippen LogP contribution in [0.5, 0.6) is 5.75 Å². The van der Waals surface area contributed by atoms with Crippen molar-refractivity contribution in [3.8, 4) is 5.75 Å². The first-order valence-electron chi connectivity index (χ1n) is 7.93. The first kappa shape index (κ1) is 19.0. The monoisotopic (exact) mass is 370 g/mol. The van der Waals surface area contributed by atoms with Crippen LogP contribution in [0.15, 0.2) is 18.2 Å². The molecule has 0 atom stereocenters. The summed E-state index contributed by atoms with van der Waals surface area (Å²) < 4.78 is 10.4. The number of amides is 1. The number of nitro benzene ring substituents is 1. The van der Waals surface area contributed by atoms with Crippen LogP contribution >= 0.6 is 11.6 Å². The Bertz CT molecular complexity index is 658. The van der Waals surface area contributed by atoms with Gasteiger partial charge in [0.1, 0.15) is 5.75 Å². The molecule has 136 valence electrons. The Morgan fingerprint density at radius 3 is 2.60 bits per heavy atom. The largest absolute Gasteiger partial charge is 0.482 e. The van der Waals surface area contributed by atoms with Gasteiger partial charge in [-0.1, -0.05) is 11.6 Å². The van der Waals surface area contributed by atoms with Crippen LogP contribution in [-0.4, -0.2) is 48.0 Å². The second kappa shape index (κ2) is 8.66. The summed E-state index contributed by atoms with van der Waals surface area (Å²) in [5.74, 6) is -0.406. The molecule has 1 heterocycles. The van der Waals surface area contributed by atoms with Gasteiger partial charge < -0.3 is 14.4 Å². The Morgan fingerprint density at radius 1 is 1.36 bits per heavy atom. The normalized spacial score (nSPS) is 14.9. The van der Waals surface area contributed by atoms with E-state index in [0.717, 1.165) is 0 Å². The first-order valence-corrected chi connectivity index (χ1v) is 8.31. The summed E-state index contributed by atoms with van der Waals surface area (Å²) >= 11 is 5.92. The van der Waals surface area contributed by atoms with Gasteiger partial charge in [-0.2, -0.15) is 0 Å². The summed E-state index contributed by atoms with van der Waals surface area (Å²) in [7, 11) is 0. The Labute approximate surface area is 149 Å². The van der Waals surface area contributed by atoms with E-state index in [4.69, 9.17) is 21.1 Å². The topological polar surface area (TPSA) is 99.0 Å². The number of carbonyl (C=O) groups is 2. The number of ether oxygens (including phenoxy) is 2. The Hall–Kier alpha value is -2.35. The number of rotatable bonds is 6. The van der Waals surface area contributed by atoms with Gasteiger partial charge in [0.2, 0.25) is 0 Å². The minimum absolute atomic E-state index is 0.0722. The van der Waals surface area contributed by atoms with Crippen molar-refractivity contribution in [2.45, 2.75) is 19.8 Å². The second-order valence-corrected chi connectivity index (χ2v) is 5.97. The van der Waals surface area contributed by atoms with E-state index in [1.165, 1.54) is 18.2 Å². The van der Waals surface area contributed by atoms with E-state index in [1.807, 2.05) is 0 Å². The quantitative estimate of drug-likeness (QED) is 0.433. The number of nitrogens with zero attached hydrogens (tertiary/aromatic N) is 2. The highest BCUT2D eigenvalue weighted by atomic mass is 35.5. The zero-order valence-electron chi connectivity index (χ0n) is 13.8. The van der Waals surface area contributed by atoms with E-state index < -0.39 is 4.92 Å². The minimum atomic E-state index is -0.561. The van der Waals surface area contributed by atoms with Gasteiger partial charge in [0, 0.05) is 25.2 Å². The predicted octanol–water partition coefficient (Wildman–Crippen LogP) is 2.43. The van der Waals surface area contributed by atoms with Crippen LogP contribution in [0.3, 0.4) is 0 Å². The van der Waals surface area contributed by atoms with Crippen molar-refractivity contribution >= 4 is 29.2 Å². The van der Waals surface area contributed by atoms with E-state index in [9.17, 15) is 19.7 Å². The Kier molecular flexibility index (Phi) is 6.58. The lowest BCUT2D eigenvalue weighted by molar-refractivity contribution is -0.384. The van der Waals surface area contributed by atoms with Crippen molar-refractivity contribution in [2.75, 3.05) is 26.3 Å². The molecule has 1 saturated heterocycles. The SMILES string of the molecule is CCOC(=O)C1CCN(C(=O)COc2ccc([N+](=O)[O-])cc2Cl)CC1. The highest BCUT2D eigenvalue weighted by Crippen LogP contribution is 2.28. The second-order valence-electron chi connectivity index (χ2n) is 5.57. The van der Waals surface area contributed by atoms with Gasteiger partial charge in [-0.15, -0.1) is 0 Å². The van der Waals surface area contributed by atoms with Gasteiger partial charge in [0.15, 0.2) is 6.61 Å². The van der Waals surface area contributed by atoms with Gasteiger partial charge in [0.05, 0.1) is 22.5 Å². The maximum Gasteiger partial charge on any atom is 0.309 e. The smallest absolute Gasteiger partial charge is 0.309 e. The molecule has 9 heteroatoms. The Balaban J connectivity index is 1.83. The van der Waals surface area contributed by atoms with Gasteiger partial charge in [-0.3, -0.25) is 19.7 Å². The fourth-order valence-electron chi connectivity index (χ4n) is 2.58. The molecule has 1 amide bonds. The molecule has 1 aromatic carbocycles. The fourth-order valence-corrected chi connectivity index (χ4v) is 2.81. The van der Waals surface area contributed by atoms with Crippen LogP contribution in [0.25, 0.3) is 0 Å². The molecule has 1 fully saturated rings. The van der Waals surface area contributed by atoms with Crippen LogP contribution in [0.2, 0.25) is 5.02 Å². The number of hydrogen-bond donors (Lipinski definition) is 0. The molecule has 1 aliphatic rings. The van der Waals surface area contributed by atoms with E-state index in [1.54, 1.807) is 11.8 Å². The molecule has 0 unspecified atom stereocenters. The first-order chi connectivity index (χ1) is 11.9. The van der Waals surface area contributed by atoms with Gasteiger partial charge in [0.25, 0.3) is 11.6 Å². The summed E-state index contributed by atoms with van der Waals surface area (Å²) in [6, 6.07) is 3.80. The van der Waals surface area contributed by atoms with Crippen molar-refractivity contribution in [1.82, 2.24) is 4.90 Å². The average molecular weight is 371 g/mol. The zero-order chi connectivity index (χ0) is 18.4. The van der Waals surface area contributed by atoms with Gasteiger partial charge in [-0.25, -0.2) is 0 Å². The summed E-state index contributed by atoms with van der Waals surface area (Å²) in [5, 5.41) is 10.7. The lowest BCUT2D eigenvalue weighted by atomic mass is 9.97. The third-order valence-electron chi connectivity index (χ3n) is 3.95. The molecule has 25 heavy (non-hydrogen) atoms. The number of non-ortho nitro benzene ring substituents is 1. The molecule has 0 radical (unpaired) electrons. The molecule has 0 aromatic heterocycles. The number of likely N-dealkylation sites (tertiary alicyclic amines) is 1. The molecule has 0 spiro atoms. The maximum atomic E-state index is 12.2. The number of benzene rings is 1. The summed E-state index contributed by atoms with van der Waals surface area (Å²) in [4.78, 5) is 35.6. The number of esters is 1. The van der Waals surface area contributed by atoms with Crippen LogP contribution in [0.4, 0.5) is 5.69 Å². The summed E-state index contributed by atoms with van der Waals surface area (Å²) in [6.45, 7) is 2.81. The maximum absolute atomic E-state index is 12.2. The van der Waals surface area contributed by atoms with E-state index in [2.05, 4.69) is 0 Å². The van der Waals surface area contributed by atoms with Crippen molar-refractivity contribution in [1.29, 1.82) is 0 Å². The number of hydrogen-bond acceptors (Lipinski definition) is 6. The van der Waals surface area contributed by atoms with Crippen molar-refractivity contribution in [3.05, 3.63) is 33.3 Å². The third-order valence-corrected chi connectivity index (χ3v) is 4.24. The lowest BCUT2D eigenvalue weighted by Gasteiger charge is -2.30. The molecule has 0 bridgehead atoms. The minimum Gasteiger partial charge on any atom is -0.482 e. The molecular formula is C16H19ClN2O6. The molecule has 8 nitrogen and oxygen atoms in total. The molecule has 1 aromatic rings. The number of halogens is 1. The molecular weight excluding hydrogens is 352 g/mol. The van der Waals surface area contributed by atoms with Crippen molar-refractivity contribution < 1.29 is 24.0 Å². The van der Waals surface area contributed by atoms with Crippen LogP contribution in [-0.2, 0) is 14.3 Å². The Morgan fingerprint density at radius 2 is 2.04 bits per heavy atom. The highest BCUT2D eigenvalue weighted by Gasteiger charge is 2.28. The van der Waals surface area contributed by atoms with Gasteiger partial charge in [-0.05, 0) is 25.8 Å². The van der Waals surface area contributed by atoms with E-state index >= 15 is 0 Å². The number of nitro groups is 1. The van der Waals surface area contributed by atoms with E-state index in [0.29, 0.717) is 32.5 Å². The van der Waals surface area contributed by atoms with Crippen LogP contribution < -0.4 is 4.74 Å². The lowest BCUT2D eigenvalue weighted by Crippen LogP contribution is -2.42. The van der Waals surface area contributed by atoms with Crippen molar-refractivity contribution in [2.24, 2.45) is 5.92 Å². The zero-order valence-corrected chi connectivity index (χ0v) is 14.5.